The fourth-order valence-corrected chi connectivity index (χ4v) is 2.06. The number of para-hydroxylation sites is 1. The Kier molecular flexibility index (Phi) is 2.94. The highest BCUT2D eigenvalue weighted by Crippen LogP contribution is 2.24. The average Bonchev–Trinajstić information content (AvgIpc) is 2.49. The smallest absolute Gasteiger partial charge is 0.101 e. The van der Waals surface area contributed by atoms with E-state index in [1.165, 1.54) is 0 Å². The normalized spacial score (nSPS) is 10.2. The van der Waals surface area contributed by atoms with Crippen LogP contribution in [0, 0.1) is 11.3 Å². The lowest BCUT2D eigenvalue weighted by atomic mass is 10.1. The number of rotatable bonds is 2. The first-order chi connectivity index (χ1) is 9.76. The molecule has 0 spiro atoms. The molecule has 0 aliphatic rings. The standard InChI is InChI=1S/C16H12N4/c17-9-12-7-13(18)5-6-16(12)20-14-8-11-3-1-2-4-15(11)19-10-14/h1-8,10,20H,18H2. The Hall–Kier alpha value is -3.06. The summed E-state index contributed by atoms with van der Waals surface area (Å²) >= 11 is 0. The summed E-state index contributed by atoms with van der Waals surface area (Å²) in [5, 5.41) is 13.4. The highest BCUT2D eigenvalue weighted by Gasteiger charge is 2.04. The first-order valence-electron chi connectivity index (χ1n) is 6.18. The summed E-state index contributed by atoms with van der Waals surface area (Å²) in [5.41, 5.74) is 9.26. The minimum atomic E-state index is 0.512. The molecule has 0 aliphatic heterocycles. The average molecular weight is 260 g/mol. The number of hydrogen-bond acceptors (Lipinski definition) is 4. The summed E-state index contributed by atoms with van der Waals surface area (Å²) in [6, 6.07) is 17.2. The van der Waals surface area contributed by atoms with E-state index in [1.807, 2.05) is 30.3 Å². The van der Waals surface area contributed by atoms with E-state index < -0.39 is 0 Å². The van der Waals surface area contributed by atoms with E-state index in [0.29, 0.717) is 11.3 Å². The van der Waals surface area contributed by atoms with E-state index in [9.17, 15) is 0 Å². The first-order valence-corrected chi connectivity index (χ1v) is 6.18. The molecule has 2 aromatic carbocycles. The molecule has 0 unspecified atom stereocenters. The number of nitrogens with one attached hydrogen (secondary N) is 1. The molecule has 0 aliphatic carbocycles. The van der Waals surface area contributed by atoms with Crippen molar-refractivity contribution in [1.82, 2.24) is 4.98 Å². The molecule has 0 amide bonds. The molecule has 0 fully saturated rings. The second-order valence-electron chi connectivity index (χ2n) is 4.46. The van der Waals surface area contributed by atoms with Crippen molar-refractivity contribution >= 4 is 28.0 Å². The van der Waals surface area contributed by atoms with Crippen LogP contribution >= 0.6 is 0 Å². The van der Waals surface area contributed by atoms with Crippen LogP contribution in [-0.4, -0.2) is 4.98 Å². The summed E-state index contributed by atoms with van der Waals surface area (Å²) in [6.07, 6.45) is 1.75. The number of nitriles is 1. The van der Waals surface area contributed by atoms with E-state index in [2.05, 4.69) is 16.4 Å². The zero-order valence-corrected chi connectivity index (χ0v) is 10.7. The van der Waals surface area contributed by atoms with Gasteiger partial charge in [0.15, 0.2) is 0 Å². The number of fused-ring (bicyclic) bond motifs is 1. The molecule has 3 aromatic rings. The Labute approximate surface area is 116 Å². The van der Waals surface area contributed by atoms with Crippen molar-refractivity contribution in [2.24, 2.45) is 0 Å². The Bertz CT molecular complexity index is 818. The van der Waals surface area contributed by atoms with Gasteiger partial charge in [-0.3, -0.25) is 4.98 Å². The molecule has 3 N–H and O–H groups in total. The van der Waals surface area contributed by atoms with Gasteiger partial charge in [0.25, 0.3) is 0 Å². The van der Waals surface area contributed by atoms with E-state index in [4.69, 9.17) is 11.0 Å². The molecule has 20 heavy (non-hydrogen) atoms. The van der Waals surface area contributed by atoms with Gasteiger partial charge < -0.3 is 11.1 Å². The van der Waals surface area contributed by atoms with Crippen molar-refractivity contribution in [3.63, 3.8) is 0 Å². The third kappa shape index (κ3) is 2.25. The molecule has 4 nitrogen and oxygen atoms in total. The molecule has 0 saturated heterocycles. The summed E-state index contributed by atoms with van der Waals surface area (Å²) < 4.78 is 0. The van der Waals surface area contributed by atoms with Crippen LogP contribution in [0.4, 0.5) is 17.1 Å². The maximum absolute atomic E-state index is 9.13. The van der Waals surface area contributed by atoms with E-state index in [1.54, 1.807) is 24.4 Å². The highest BCUT2D eigenvalue weighted by molar-refractivity contribution is 5.83. The van der Waals surface area contributed by atoms with Gasteiger partial charge in [0.05, 0.1) is 28.7 Å². The first kappa shape index (κ1) is 12.0. The zero-order valence-electron chi connectivity index (χ0n) is 10.7. The van der Waals surface area contributed by atoms with Gasteiger partial charge in [-0.25, -0.2) is 0 Å². The largest absolute Gasteiger partial charge is 0.399 e. The number of anilines is 3. The SMILES string of the molecule is N#Cc1cc(N)ccc1Nc1cnc2ccccc2c1. The Morgan fingerprint density at radius 2 is 1.95 bits per heavy atom. The number of benzene rings is 2. The molecule has 96 valence electrons. The van der Waals surface area contributed by atoms with E-state index >= 15 is 0 Å². The second kappa shape index (κ2) is 4.90. The van der Waals surface area contributed by atoms with Gasteiger partial charge in [0, 0.05) is 11.1 Å². The summed E-state index contributed by atoms with van der Waals surface area (Å²) in [6.45, 7) is 0. The van der Waals surface area contributed by atoms with Crippen molar-refractivity contribution in [1.29, 1.82) is 5.26 Å². The summed E-state index contributed by atoms with van der Waals surface area (Å²) in [5.74, 6) is 0. The molecule has 1 aromatic heterocycles. The fourth-order valence-electron chi connectivity index (χ4n) is 2.06. The number of aromatic nitrogens is 1. The van der Waals surface area contributed by atoms with Crippen molar-refractivity contribution in [2.45, 2.75) is 0 Å². The highest BCUT2D eigenvalue weighted by atomic mass is 14.9. The second-order valence-corrected chi connectivity index (χ2v) is 4.46. The Balaban J connectivity index is 1.99. The van der Waals surface area contributed by atoms with Crippen LogP contribution in [-0.2, 0) is 0 Å². The molecular formula is C16H12N4. The van der Waals surface area contributed by atoms with Crippen LogP contribution in [0.5, 0.6) is 0 Å². The molecule has 0 atom stereocenters. The summed E-state index contributed by atoms with van der Waals surface area (Å²) in [7, 11) is 0. The molecule has 3 rings (SSSR count). The maximum atomic E-state index is 9.13. The monoisotopic (exact) mass is 260 g/mol. The third-order valence-corrected chi connectivity index (χ3v) is 3.03. The van der Waals surface area contributed by atoms with Crippen molar-refractivity contribution in [3.05, 3.63) is 60.3 Å². The van der Waals surface area contributed by atoms with Gasteiger partial charge >= 0.3 is 0 Å². The number of hydrogen-bond donors (Lipinski definition) is 2. The Morgan fingerprint density at radius 3 is 2.80 bits per heavy atom. The topological polar surface area (TPSA) is 74.7 Å². The quantitative estimate of drug-likeness (QED) is 0.692. The minimum absolute atomic E-state index is 0.512. The lowest BCUT2D eigenvalue weighted by Gasteiger charge is -2.09. The maximum Gasteiger partial charge on any atom is 0.101 e. The molecule has 1 heterocycles. The van der Waals surface area contributed by atoms with Crippen LogP contribution in [0.15, 0.2) is 54.7 Å². The third-order valence-electron chi connectivity index (χ3n) is 3.03. The van der Waals surface area contributed by atoms with E-state index in [0.717, 1.165) is 22.3 Å². The lowest BCUT2D eigenvalue weighted by Crippen LogP contribution is -1.96. The van der Waals surface area contributed by atoms with Gasteiger partial charge in [0.2, 0.25) is 0 Å². The predicted molar refractivity (Wildman–Crippen MR) is 80.6 cm³/mol. The van der Waals surface area contributed by atoms with E-state index in [-0.39, 0.29) is 0 Å². The van der Waals surface area contributed by atoms with Crippen molar-refractivity contribution < 1.29 is 0 Å². The fraction of sp³-hybridized carbons (Fsp3) is 0. The van der Waals surface area contributed by atoms with Gasteiger partial charge in [-0.05, 0) is 30.3 Å². The number of nitrogens with zero attached hydrogens (tertiary/aromatic N) is 2. The summed E-state index contributed by atoms with van der Waals surface area (Å²) in [4.78, 5) is 4.38. The molecular weight excluding hydrogens is 248 g/mol. The minimum Gasteiger partial charge on any atom is -0.399 e. The van der Waals surface area contributed by atoms with Crippen LogP contribution in [0.2, 0.25) is 0 Å². The van der Waals surface area contributed by atoms with Crippen LogP contribution in [0.3, 0.4) is 0 Å². The number of pyridine rings is 1. The van der Waals surface area contributed by atoms with Crippen LogP contribution in [0.25, 0.3) is 10.9 Å². The molecule has 0 bridgehead atoms. The van der Waals surface area contributed by atoms with Crippen LogP contribution < -0.4 is 11.1 Å². The van der Waals surface area contributed by atoms with Crippen molar-refractivity contribution in [2.75, 3.05) is 11.1 Å². The van der Waals surface area contributed by atoms with Gasteiger partial charge in [-0.15, -0.1) is 0 Å². The van der Waals surface area contributed by atoms with Gasteiger partial charge in [-0.1, -0.05) is 18.2 Å². The molecule has 4 heteroatoms. The molecule has 0 radical (unpaired) electrons. The van der Waals surface area contributed by atoms with Crippen LogP contribution in [0.1, 0.15) is 5.56 Å². The molecule has 0 saturated carbocycles. The predicted octanol–water partition coefficient (Wildman–Crippen LogP) is 3.43. The zero-order chi connectivity index (χ0) is 13.9. The lowest BCUT2D eigenvalue weighted by molar-refractivity contribution is 1.39. The van der Waals surface area contributed by atoms with Gasteiger partial charge in [-0.2, -0.15) is 5.26 Å². The van der Waals surface area contributed by atoms with Gasteiger partial charge in [0.1, 0.15) is 6.07 Å². The Morgan fingerprint density at radius 1 is 1.10 bits per heavy atom. The number of nitrogen functional groups attached to an aromatic ring is 1. The number of nitrogens with two attached hydrogens (primary N) is 1. The van der Waals surface area contributed by atoms with Crippen molar-refractivity contribution in [3.8, 4) is 6.07 Å².